The Morgan fingerprint density at radius 1 is 1.20 bits per heavy atom. The largest absolute Gasteiger partial charge is 0.497 e. The minimum atomic E-state index is -1.03. The Morgan fingerprint density at radius 3 is 2.54 bits per heavy atom. The summed E-state index contributed by atoms with van der Waals surface area (Å²) in [7, 11) is 3.71. The van der Waals surface area contributed by atoms with E-state index in [9.17, 15) is 9.59 Å². The van der Waals surface area contributed by atoms with E-state index in [1.807, 2.05) is 31.0 Å². The molecule has 1 aliphatic heterocycles. The number of aromatic carboxylic acids is 1. The SMILES string of the molecule is CCC(=O)N(CCc1cn(C)c2cc(OC)ccc12)CC1CCN(c2ncc(C(=O)O)cn2)CC1. The van der Waals surface area contributed by atoms with Gasteiger partial charge in [0.15, 0.2) is 0 Å². The van der Waals surface area contributed by atoms with Crippen LogP contribution < -0.4 is 9.64 Å². The van der Waals surface area contributed by atoms with Gasteiger partial charge in [0.25, 0.3) is 0 Å². The molecule has 1 fully saturated rings. The number of ether oxygens (including phenoxy) is 1. The van der Waals surface area contributed by atoms with Crippen molar-refractivity contribution in [2.45, 2.75) is 32.6 Å². The number of fused-ring (bicyclic) bond motifs is 1. The third-order valence-corrected chi connectivity index (χ3v) is 6.85. The van der Waals surface area contributed by atoms with E-state index in [0.29, 0.717) is 24.8 Å². The minimum Gasteiger partial charge on any atom is -0.497 e. The molecule has 1 N–H and O–H groups in total. The maximum atomic E-state index is 12.8. The average Bonchev–Trinajstić information content (AvgIpc) is 3.21. The summed E-state index contributed by atoms with van der Waals surface area (Å²) in [6, 6.07) is 6.12. The standard InChI is InChI=1S/C26H33N5O4/c1-4-24(32)31(12-9-19-17-29(2)23-13-21(35-3)5-6-22(19)23)16-18-7-10-30(11-8-18)26-27-14-20(15-28-26)25(33)34/h5-6,13-15,17-18H,4,7-12,16H2,1-3H3,(H,33,34). The number of hydrogen-bond donors (Lipinski definition) is 1. The van der Waals surface area contributed by atoms with Crippen LogP contribution in [-0.2, 0) is 18.3 Å². The first-order valence-corrected chi connectivity index (χ1v) is 12.1. The Kier molecular flexibility index (Phi) is 7.53. The Bertz CT molecular complexity index is 1180. The van der Waals surface area contributed by atoms with Gasteiger partial charge in [0.2, 0.25) is 11.9 Å². The van der Waals surface area contributed by atoms with Crippen molar-refractivity contribution in [3.05, 3.63) is 47.9 Å². The van der Waals surface area contributed by atoms with Gasteiger partial charge in [-0.2, -0.15) is 0 Å². The highest BCUT2D eigenvalue weighted by Crippen LogP contribution is 2.26. The van der Waals surface area contributed by atoms with E-state index in [-0.39, 0.29) is 11.5 Å². The fraction of sp³-hybridized carbons (Fsp3) is 0.462. The fourth-order valence-corrected chi connectivity index (χ4v) is 4.79. The zero-order valence-corrected chi connectivity index (χ0v) is 20.6. The van der Waals surface area contributed by atoms with Gasteiger partial charge in [0.05, 0.1) is 18.2 Å². The number of carbonyl (C=O) groups is 2. The number of hydrogen-bond acceptors (Lipinski definition) is 6. The third-order valence-electron chi connectivity index (χ3n) is 6.85. The number of carboxylic acids is 1. The molecule has 2 aromatic heterocycles. The van der Waals surface area contributed by atoms with Crippen molar-refractivity contribution in [2.24, 2.45) is 13.0 Å². The lowest BCUT2D eigenvalue weighted by Crippen LogP contribution is -2.42. The second-order valence-corrected chi connectivity index (χ2v) is 9.10. The third kappa shape index (κ3) is 5.55. The van der Waals surface area contributed by atoms with E-state index in [0.717, 1.165) is 50.2 Å². The van der Waals surface area contributed by atoms with Crippen LogP contribution in [0.1, 0.15) is 42.1 Å². The summed E-state index contributed by atoms with van der Waals surface area (Å²) >= 11 is 0. The number of amides is 1. The number of methoxy groups -OCH3 is 1. The Labute approximate surface area is 205 Å². The Morgan fingerprint density at radius 2 is 1.91 bits per heavy atom. The van der Waals surface area contributed by atoms with Crippen LogP contribution >= 0.6 is 0 Å². The molecule has 0 saturated carbocycles. The van der Waals surface area contributed by atoms with Crippen LogP contribution in [0.15, 0.2) is 36.8 Å². The molecule has 4 rings (SSSR count). The number of rotatable bonds is 9. The summed E-state index contributed by atoms with van der Waals surface area (Å²) in [5.74, 6) is 0.961. The lowest BCUT2D eigenvalue weighted by atomic mass is 9.96. The molecule has 9 heteroatoms. The normalized spacial score (nSPS) is 14.3. The highest BCUT2D eigenvalue weighted by Gasteiger charge is 2.25. The van der Waals surface area contributed by atoms with Gasteiger partial charge in [-0.15, -0.1) is 0 Å². The van der Waals surface area contributed by atoms with Crippen LogP contribution in [0.2, 0.25) is 0 Å². The van der Waals surface area contributed by atoms with Crippen LogP contribution in [0, 0.1) is 5.92 Å². The van der Waals surface area contributed by atoms with E-state index >= 15 is 0 Å². The summed E-state index contributed by atoms with van der Waals surface area (Å²) in [6.07, 6.45) is 8.01. The molecular weight excluding hydrogens is 446 g/mol. The van der Waals surface area contributed by atoms with Crippen LogP contribution in [0.4, 0.5) is 5.95 Å². The molecule has 1 aliphatic rings. The molecule has 1 aromatic carbocycles. The molecule has 1 saturated heterocycles. The molecular formula is C26H33N5O4. The maximum absolute atomic E-state index is 12.8. The van der Waals surface area contributed by atoms with Crippen molar-refractivity contribution in [1.82, 2.24) is 19.4 Å². The first-order valence-electron chi connectivity index (χ1n) is 12.1. The van der Waals surface area contributed by atoms with Gasteiger partial charge in [0.1, 0.15) is 5.75 Å². The first-order chi connectivity index (χ1) is 16.9. The van der Waals surface area contributed by atoms with Crippen LogP contribution in [-0.4, -0.2) is 69.7 Å². The molecule has 0 bridgehead atoms. The number of nitrogens with zero attached hydrogens (tertiary/aromatic N) is 5. The minimum absolute atomic E-state index is 0.0858. The number of carboxylic acid groups (broad SMARTS) is 1. The summed E-state index contributed by atoms with van der Waals surface area (Å²) < 4.78 is 7.48. The molecule has 0 atom stereocenters. The summed E-state index contributed by atoms with van der Waals surface area (Å²) in [5, 5.41) is 10.2. The molecule has 3 heterocycles. The van der Waals surface area contributed by atoms with E-state index in [4.69, 9.17) is 9.84 Å². The Hall–Kier alpha value is -3.62. The number of aryl methyl sites for hydroxylation is 1. The lowest BCUT2D eigenvalue weighted by molar-refractivity contribution is -0.131. The lowest BCUT2D eigenvalue weighted by Gasteiger charge is -2.35. The van der Waals surface area contributed by atoms with Gasteiger partial charge in [0, 0.05) is 69.7 Å². The van der Waals surface area contributed by atoms with E-state index in [2.05, 4.69) is 31.7 Å². The van der Waals surface area contributed by atoms with Gasteiger partial charge in [-0.25, -0.2) is 14.8 Å². The molecule has 0 radical (unpaired) electrons. The average molecular weight is 480 g/mol. The molecule has 3 aromatic rings. The summed E-state index contributed by atoms with van der Waals surface area (Å²) in [4.78, 5) is 36.3. The second-order valence-electron chi connectivity index (χ2n) is 9.10. The first kappa shape index (κ1) is 24.5. The molecule has 9 nitrogen and oxygen atoms in total. The van der Waals surface area contributed by atoms with E-state index < -0.39 is 5.97 Å². The zero-order valence-electron chi connectivity index (χ0n) is 20.6. The number of benzene rings is 1. The smallest absolute Gasteiger partial charge is 0.338 e. The van der Waals surface area contributed by atoms with Crippen molar-refractivity contribution in [3.63, 3.8) is 0 Å². The van der Waals surface area contributed by atoms with Crippen molar-refractivity contribution in [3.8, 4) is 5.75 Å². The zero-order chi connectivity index (χ0) is 24.9. The Balaban J connectivity index is 1.36. The van der Waals surface area contributed by atoms with Crippen molar-refractivity contribution < 1.29 is 19.4 Å². The van der Waals surface area contributed by atoms with Gasteiger partial charge >= 0.3 is 5.97 Å². The molecule has 0 aliphatic carbocycles. The predicted molar refractivity (Wildman–Crippen MR) is 134 cm³/mol. The predicted octanol–water partition coefficient (Wildman–Crippen LogP) is 3.37. The highest BCUT2D eigenvalue weighted by molar-refractivity contribution is 5.87. The molecule has 0 spiro atoms. The van der Waals surface area contributed by atoms with Gasteiger partial charge in [-0.3, -0.25) is 4.79 Å². The van der Waals surface area contributed by atoms with Crippen molar-refractivity contribution >= 4 is 28.7 Å². The molecule has 1 amide bonds. The molecule has 35 heavy (non-hydrogen) atoms. The van der Waals surface area contributed by atoms with Gasteiger partial charge in [-0.05, 0) is 42.9 Å². The number of anilines is 1. The maximum Gasteiger partial charge on any atom is 0.338 e. The second kappa shape index (κ2) is 10.8. The van der Waals surface area contributed by atoms with Crippen LogP contribution in [0.5, 0.6) is 5.75 Å². The number of piperidine rings is 1. The van der Waals surface area contributed by atoms with Crippen LogP contribution in [0.3, 0.4) is 0 Å². The van der Waals surface area contributed by atoms with E-state index in [1.54, 1.807) is 7.11 Å². The quantitative estimate of drug-likeness (QED) is 0.502. The van der Waals surface area contributed by atoms with E-state index in [1.165, 1.54) is 23.3 Å². The van der Waals surface area contributed by atoms with Gasteiger partial charge in [-0.1, -0.05) is 6.92 Å². The number of aromatic nitrogens is 3. The molecule has 186 valence electrons. The van der Waals surface area contributed by atoms with Crippen LogP contribution in [0.25, 0.3) is 10.9 Å². The van der Waals surface area contributed by atoms with Crippen molar-refractivity contribution in [1.29, 1.82) is 0 Å². The summed E-state index contributed by atoms with van der Waals surface area (Å²) in [5.41, 5.74) is 2.44. The molecule has 0 unspecified atom stereocenters. The summed E-state index contributed by atoms with van der Waals surface area (Å²) in [6.45, 7) is 4.93. The number of carbonyl (C=O) groups excluding carboxylic acids is 1. The monoisotopic (exact) mass is 479 g/mol. The highest BCUT2D eigenvalue weighted by atomic mass is 16.5. The van der Waals surface area contributed by atoms with Crippen molar-refractivity contribution in [2.75, 3.05) is 38.2 Å². The van der Waals surface area contributed by atoms with Gasteiger partial charge < -0.3 is 24.2 Å². The fourth-order valence-electron chi connectivity index (χ4n) is 4.79. The topological polar surface area (TPSA) is 101 Å².